The van der Waals surface area contributed by atoms with Crippen LogP contribution in [0.2, 0.25) is 0 Å². The summed E-state index contributed by atoms with van der Waals surface area (Å²) in [5, 5.41) is 2.24. The summed E-state index contributed by atoms with van der Waals surface area (Å²) in [6.45, 7) is 7.62. The number of piperidine rings is 1. The molecule has 0 saturated carbocycles. The van der Waals surface area contributed by atoms with E-state index in [4.69, 9.17) is 0 Å². The Morgan fingerprint density at radius 3 is 2.56 bits per heavy atom. The molecule has 0 spiro atoms. The van der Waals surface area contributed by atoms with Crippen LogP contribution in [0.3, 0.4) is 0 Å². The molecule has 0 aromatic rings. The van der Waals surface area contributed by atoms with E-state index in [1.165, 1.54) is 4.90 Å². The van der Waals surface area contributed by atoms with Gasteiger partial charge in [0.25, 0.3) is 0 Å². The van der Waals surface area contributed by atoms with Crippen molar-refractivity contribution < 1.29 is 32.9 Å². The van der Waals surface area contributed by atoms with Crippen molar-refractivity contribution in [1.82, 2.24) is 10.2 Å². The maximum Gasteiger partial charge on any atom is 0.248 e. The molecule has 0 bridgehead atoms. The molecular weight excluding hydrogens is 271 g/mol. The molecule has 0 aromatic carbocycles. The summed E-state index contributed by atoms with van der Waals surface area (Å²) in [6.07, 6.45) is 2.20. The topological polar surface area (TPSA) is 66.5 Å². The third-order valence-electron chi connectivity index (χ3n) is 3.08. The molecule has 0 aliphatic carbocycles. The number of imide groups is 1. The fourth-order valence-corrected chi connectivity index (χ4v) is 2.08. The number of carbonyl (C=O) groups excluding carboxylic acids is 3. The maximum absolute atomic E-state index is 11.9. The molecule has 1 atom stereocenters. The molecule has 2 aliphatic heterocycles. The first kappa shape index (κ1) is 14.6. The van der Waals surface area contributed by atoms with Gasteiger partial charge in [-0.2, -0.15) is 6.92 Å². The average Bonchev–Trinajstić information content (AvgIpc) is 2.57. The smallest absolute Gasteiger partial charge is 0.248 e. The second-order valence-electron chi connectivity index (χ2n) is 4.11. The van der Waals surface area contributed by atoms with Gasteiger partial charge < -0.3 is 9.69 Å². The van der Waals surface area contributed by atoms with Gasteiger partial charge in [0.2, 0.25) is 11.8 Å². The molecule has 2 aliphatic rings. The summed E-state index contributed by atoms with van der Waals surface area (Å²) < 4.78 is 0. The van der Waals surface area contributed by atoms with Crippen LogP contribution in [-0.2, 0) is 32.9 Å². The van der Waals surface area contributed by atoms with E-state index in [1.807, 2.05) is 0 Å². The van der Waals surface area contributed by atoms with Crippen LogP contribution in [-0.4, -0.2) is 35.2 Å². The third kappa shape index (κ3) is 2.37. The largest absolute Gasteiger partial charge is 0.387 e. The van der Waals surface area contributed by atoms with E-state index in [9.17, 15) is 14.4 Å². The van der Waals surface area contributed by atoms with Crippen LogP contribution in [0, 0.1) is 6.92 Å². The standard InChI is InChI=1S/C12H13N2O3.V/c1-3-8-6-14(12(17)7(8)2)9-4-5-10(15)13-11(9)16;/h3,9H,1-2,4-6H2,(H,13,15,16);/q-1;. The van der Waals surface area contributed by atoms with Gasteiger partial charge in [-0.25, -0.2) is 0 Å². The molecule has 3 amide bonds. The molecule has 2 rings (SSSR count). The summed E-state index contributed by atoms with van der Waals surface area (Å²) in [7, 11) is 0. The fourth-order valence-electron chi connectivity index (χ4n) is 2.08. The number of hydrogen-bond acceptors (Lipinski definition) is 3. The van der Waals surface area contributed by atoms with Crippen molar-refractivity contribution in [3.63, 3.8) is 0 Å². The predicted octanol–water partition coefficient (Wildman–Crippen LogP) is -0.0520. The van der Waals surface area contributed by atoms with Gasteiger partial charge in [-0.1, -0.05) is 0 Å². The van der Waals surface area contributed by atoms with Gasteiger partial charge in [0.15, 0.2) is 0 Å². The number of hydrogen-bond donors (Lipinski definition) is 1. The molecule has 1 unspecified atom stereocenters. The van der Waals surface area contributed by atoms with Crippen LogP contribution >= 0.6 is 0 Å². The Hall–Kier alpha value is -1.46. The van der Waals surface area contributed by atoms with Crippen molar-refractivity contribution >= 4 is 17.7 Å². The van der Waals surface area contributed by atoms with Gasteiger partial charge >= 0.3 is 0 Å². The molecule has 95 valence electrons. The Bertz CT molecular complexity index is 456. The molecule has 1 N–H and O–H groups in total. The van der Waals surface area contributed by atoms with Crippen molar-refractivity contribution in [2.75, 3.05) is 6.54 Å². The van der Waals surface area contributed by atoms with E-state index in [0.717, 1.165) is 5.57 Å². The Morgan fingerprint density at radius 1 is 1.39 bits per heavy atom. The van der Waals surface area contributed by atoms with E-state index < -0.39 is 11.9 Å². The summed E-state index contributed by atoms with van der Waals surface area (Å²) in [6, 6.07) is -0.575. The molecule has 1 saturated heterocycles. The Morgan fingerprint density at radius 2 is 2.06 bits per heavy atom. The zero-order valence-corrected chi connectivity index (χ0v) is 11.2. The Kier molecular flexibility index (Phi) is 4.43. The molecule has 1 radical (unpaired) electrons. The van der Waals surface area contributed by atoms with E-state index in [1.54, 1.807) is 6.08 Å². The van der Waals surface area contributed by atoms with Crippen LogP contribution in [0.1, 0.15) is 12.8 Å². The van der Waals surface area contributed by atoms with Gasteiger partial charge in [0, 0.05) is 25.0 Å². The minimum atomic E-state index is -0.575. The van der Waals surface area contributed by atoms with Crippen LogP contribution < -0.4 is 5.32 Å². The van der Waals surface area contributed by atoms with Crippen LogP contribution in [0.5, 0.6) is 0 Å². The molecular formula is C12H13N2O3V-. The van der Waals surface area contributed by atoms with Gasteiger partial charge in [0.05, 0.1) is 0 Å². The van der Waals surface area contributed by atoms with Crippen LogP contribution in [0.25, 0.3) is 0 Å². The van der Waals surface area contributed by atoms with E-state index >= 15 is 0 Å². The molecule has 0 aromatic heterocycles. The van der Waals surface area contributed by atoms with Gasteiger partial charge in [-0.15, -0.1) is 23.8 Å². The average molecular weight is 284 g/mol. The van der Waals surface area contributed by atoms with Crippen molar-refractivity contribution in [3.8, 4) is 0 Å². The van der Waals surface area contributed by atoms with Crippen LogP contribution in [0.15, 0.2) is 23.8 Å². The fraction of sp³-hybridized carbons (Fsp3) is 0.333. The molecule has 6 heteroatoms. The maximum atomic E-state index is 11.9. The van der Waals surface area contributed by atoms with Gasteiger partial charge in [0.1, 0.15) is 11.9 Å². The molecule has 5 nitrogen and oxygen atoms in total. The first-order valence-corrected chi connectivity index (χ1v) is 5.36. The van der Waals surface area contributed by atoms with Gasteiger partial charge in [-0.3, -0.25) is 14.9 Å². The quantitative estimate of drug-likeness (QED) is 0.571. The van der Waals surface area contributed by atoms with E-state index in [-0.39, 0.29) is 36.8 Å². The normalized spacial score (nSPS) is 23.9. The van der Waals surface area contributed by atoms with E-state index in [0.29, 0.717) is 18.5 Å². The van der Waals surface area contributed by atoms with Crippen molar-refractivity contribution in [1.29, 1.82) is 0 Å². The summed E-state index contributed by atoms with van der Waals surface area (Å²) in [5.41, 5.74) is 1.12. The Labute approximate surface area is 117 Å². The van der Waals surface area contributed by atoms with Crippen molar-refractivity contribution in [3.05, 3.63) is 30.7 Å². The molecule has 18 heavy (non-hydrogen) atoms. The second kappa shape index (κ2) is 5.46. The molecule has 1 fully saturated rings. The van der Waals surface area contributed by atoms with Crippen molar-refractivity contribution in [2.45, 2.75) is 18.9 Å². The first-order chi connectivity index (χ1) is 8.04. The zero-order chi connectivity index (χ0) is 12.6. The predicted molar refractivity (Wildman–Crippen MR) is 60.5 cm³/mol. The number of nitrogens with one attached hydrogen (secondary N) is 1. The zero-order valence-electron chi connectivity index (χ0n) is 9.81. The third-order valence-corrected chi connectivity index (χ3v) is 3.08. The minimum Gasteiger partial charge on any atom is -0.387 e. The number of rotatable bonds is 2. The second-order valence-corrected chi connectivity index (χ2v) is 4.11. The summed E-state index contributed by atoms with van der Waals surface area (Å²) in [5.74, 6) is -0.952. The molecule has 2 heterocycles. The number of carbonyl (C=O) groups is 3. The monoisotopic (exact) mass is 284 g/mol. The van der Waals surface area contributed by atoms with E-state index in [2.05, 4.69) is 18.8 Å². The first-order valence-electron chi connectivity index (χ1n) is 5.36. The van der Waals surface area contributed by atoms with Gasteiger partial charge in [-0.05, 0) is 13.0 Å². The number of amides is 3. The van der Waals surface area contributed by atoms with Crippen LogP contribution in [0.4, 0.5) is 0 Å². The summed E-state index contributed by atoms with van der Waals surface area (Å²) >= 11 is 0. The SMILES string of the molecule is C=CC1=C([CH2-])C(=O)N(C2CCC(=O)NC2=O)C1.[V]. The minimum absolute atomic E-state index is 0. The summed E-state index contributed by atoms with van der Waals surface area (Å²) in [4.78, 5) is 36.0. The number of nitrogens with zero attached hydrogens (tertiary/aromatic N) is 1. The van der Waals surface area contributed by atoms with Crippen molar-refractivity contribution in [2.24, 2.45) is 0 Å². The Balaban J connectivity index is 0.00000162.